The highest BCUT2D eigenvalue weighted by atomic mass is 19.4. The Labute approximate surface area is 87.4 Å². The monoisotopic (exact) mass is 229 g/mol. The molecule has 0 aliphatic carbocycles. The minimum Gasteiger partial charge on any atom is -0.251 e. The van der Waals surface area contributed by atoms with Gasteiger partial charge in [-0.15, -0.1) is 0 Å². The lowest BCUT2D eigenvalue weighted by molar-refractivity contribution is -0.145. The molecular formula is C9H6F3N3O. The Hall–Kier alpha value is -1.92. The molecule has 2 aromatic rings. The summed E-state index contributed by atoms with van der Waals surface area (Å²) in [6.45, 7) is 1.71. The van der Waals surface area contributed by atoms with Crippen molar-refractivity contribution in [3.05, 3.63) is 40.2 Å². The Kier molecular flexibility index (Phi) is 2.18. The van der Waals surface area contributed by atoms with Crippen LogP contribution in [0.4, 0.5) is 13.2 Å². The van der Waals surface area contributed by atoms with Gasteiger partial charge in [-0.2, -0.15) is 18.2 Å². The fraction of sp³-hybridized carbons (Fsp3) is 0.222. The van der Waals surface area contributed by atoms with Crippen LogP contribution in [0.15, 0.2) is 23.1 Å². The van der Waals surface area contributed by atoms with Crippen LogP contribution in [-0.2, 0) is 6.18 Å². The molecule has 0 N–H and O–H groups in total. The van der Waals surface area contributed by atoms with E-state index in [0.29, 0.717) is 0 Å². The average Bonchev–Trinajstić information content (AvgIpc) is 2.17. The maximum Gasteiger partial charge on any atom is 0.451 e. The smallest absolute Gasteiger partial charge is 0.251 e. The van der Waals surface area contributed by atoms with Gasteiger partial charge in [-0.05, 0) is 18.6 Å². The molecule has 0 aliphatic heterocycles. The summed E-state index contributed by atoms with van der Waals surface area (Å²) in [5.41, 5.74) is -0.322. The average molecular weight is 229 g/mol. The number of nitrogens with zero attached hydrogens (tertiary/aromatic N) is 3. The molecule has 2 rings (SSSR count). The molecule has 0 aromatic carbocycles. The molecule has 7 heteroatoms. The van der Waals surface area contributed by atoms with Crippen LogP contribution >= 0.6 is 0 Å². The van der Waals surface area contributed by atoms with Crippen molar-refractivity contribution in [2.75, 3.05) is 0 Å². The SMILES string of the molecule is Cc1ccc2nc(C(F)(F)F)nc(=O)n2c1. The molecule has 16 heavy (non-hydrogen) atoms. The van der Waals surface area contributed by atoms with E-state index in [9.17, 15) is 18.0 Å². The van der Waals surface area contributed by atoms with E-state index in [-0.39, 0.29) is 5.65 Å². The van der Waals surface area contributed by atoms with Crippen LogP contribution in [0.25, 0.3) is 5.65 Å². The van der Waals surface area contributed by atoms with Gasteiger partial charge in [-0.1, -0.05) is 6.07 Å². The molecule has 2 aromatic heterocycles. The summed E-state index contributed by atoms with van der Waals surface area (Å²) in [6, 6.07) is 2.91. The first kappa shape index (κ1) is 10.6. The second-order valence-corrected chi connectivity index (χ2v) is 3.26. The highest BCUT2D eigenvalue weighted by Crippen LogP contribution is 2.25. The highest BCUT2D eigenvalue weighted by molar-refractivity contribution is 5.38. The summed E-state index contributed by atoms with van der Waals surface area (Å²) in [5.74, 6) is -1.42. The largest absolute Gasteiger partial charge is 0.451 e. The van der Waals surface area contributed by atoms with Gasteiger partial charge in [0.15, 0.2) is 0 Å². The van der Waals surface area contributed by atoms with Crippen LogP contribution in [0, 0.1) is 6.92 Å². The van der Waals surface area contributed by atoms with Crippen LogP contribution in [0.3, 0.4) is 0 Å². The zero-order valence-electron chi connectivity index (χ0n) is 8.12. The third kappa shape index (κ3) is 1.75. The van der Waals surface area contributed by atoms with Crippen molar-refractivity contribution >= 4 is 5.65 Å². The lowest BCUT2D eigenvalue weighted by Gasteiger charge is -2.06. The van der Waals surface area contributed by atoms with Crippen molar-refractivity contribution in [3.63, 3.8) is 0 Å². The second-order valence-electron chi connectivity index (χ2n) is 3.26. The first-order valence-corrected chi connectivity index (χ1v) is 4.32. The number of aromatic nitrogens is 3. The summed E-state index contributed by atoms with van der Waals surface area (Å²) in [4.78, 5) is 17.5. The molecule has 0 saturated carbocycles. The van der Waals surface area contributed by atoms with E-state index in [0.717, 1.165) is 9.96 Å². The lowest BCUT2D eigenvalue weighted by Crippen LogP contribution is -2.24. The maximum absolute atomic E-state index is 12.3. The topological polar surface area (TPSA) is 47.3 Å². The molecule has 0 bridgehead atoms. The summed E-state index contributed by atoms with van der Waals surface area (Å²) in [7, 11) is 0. The summed E-state index contributed by atoms with van der Waals surface area (Å²) < 4.78 is 37.9. The first-order chi connectivity index (χ1) is 7.38. The maximum atomic E-state index is 12.3. The molecule has 0 radical (unpaired) electrons. The van der Waals surface area contributed by atoms with Gasteiger partial charge in [0.2, 0.25) is 5.82 Å². The Morgan fingerprint density at radius 1 is 1.25 bits per heavy atom. The van der Waals surface area contributed by atoms with Gasteiger partial charge >= 0.3 is 11.9 Å². The molecule has 4 nitrogen and oxygen atoms in total. The third-order valence-electron chi connectivity index (χ3n) is 1.96. The molecule has 0 atom stereocenters. The van der Waals surface area contributed by atoms with Gasteiger partial charge in [0, 0.05) is 6.20 Å². The molecule has 2 heterocycles. The van der Waals surface area contributed by atoms with Gasteiger partial charge in [-0.3, -0.25) is 4.40 Å². The molecule has 84 valence electrons. The summed E-state index contributed by atoms with van der Waals surface area (Å²) in [5, 5.41) is 0. The normalized spacial score (nSPS) is 12.0. The number of aryl methyl sites for hydroxylation is 1. The molecule has 0 aliphatic rings. The van der Waals surface area contributed by atoms with E-state index in [1.807, 2.05) is 0 Å². The number of alkyl halides is 3. The van der Waals surface area contributed by atoms with E-state index < -0.39 is 17.7 Å². The van der Waals surface area contributed by atoms with E-state index in [4.69, 9.17) is 0 Å². The fourth-order valence-corrected chi connectivity index (χ4v) is 1.25. The quantitative estimate of drug-likeness (QED) is 0.686. The van der Waals surface area contributed by atoms with Gasteiger partial charge in [0.1, 0.15) is 5.65 Å². The minimum absolute atomic E-state index is 0.0714. The molecule has 0 amide bonds. The predicted octanol–water partition coefficient (Wildman–Crippen LogP) is 1.42. The van der Waals surface area contributed by atoms with Crippen molar-refractivity contribution in [3.8, 4) is 0 Å². The number of rotatable bonds is 0. The minimum atomic E-state index is -4.71. The standard InChI is InChI=1S/C9H6F3N3O/c1-5-2-3-6-13-7(9(10,11)12)14-8(16)15(6)4-5/h2-4H,1H3. The van der Waals surface area contributed by atoms with Gasteiger partial charge in [0.05, 0.1) is 0 Å². The van der Waals surface area contributed by atoms with Gasteiger partial charge in [0.25, 0.3) is 0 Å². The Morgan fingerprint density at radius 2 is 1.94 bits per heavy atom. The number of hydrogen-bond acceptors (Lipinski definition) is 3. The Balaban J connectivity index is 2.79. The van der Waals surface area contributed by atoms with E-state index in [1.165, 1.54) is 12.3 Å². The van der Waals surface area contributed by atoms with E-state index in [1.54, 1.807) is 13.0 Å². The molecule has 0 saturated heterocycles. The van der Waals surface area contributed by atoms with Crippen molar-refractivity contribution in [2.45, 2.75) is 13.1 Å². The van der Waals surface area contributed by atoms with Gasteiger partial charge in [-0.25, -0.2) is 9.78 Å². The Bertz CT molecular complexity index is 603. The van der Waals surface area contributed by atoms with Crippen molar-refractivity contribution in [1.82, 2.24) is 14.4 Å². The molecule has 0 spiro atoms. The zero-order valence-corrected chi connectivity index (χ0v) is 8.12. The number of hydrogen-bond donors (Lipinski definition) is 0. The van der Waals surface area contributed by atoms with E-state index >= 15 is 0 Å². The van der Waals surface area contributed by atoms with Crippen LogP contribution in [0.5, 0.6) is 0 Å². The van der Waals surface area contributed by atoms with E-state index in [2.05, 4.69) is 9.97 Å². The fourth-order valence-electron chi connectivity index (χ4n) is 1.25. The molecule has 0 unspecified atom stereocenters. The second kappa shape index (κ2) is 3.29. The summed E-state index contributed by atoms with van der Waals surface area (Å²) in [6.07, 6.45) is -3.32. The van der Waals surface area contributed by atoms with Gasteiger partial charge < -0.3 is 0 Å². The van der Waals surface area contributed by atoms with Crippen LogP contribution in [0.1, 0.15) is 11.4 Å². The predicted molar refractivity (Wildman–Crippen MR) is 49.0 cm³/mol. The third-order valence-corrected chi connectivity index (χ3v) is 1.96. The number of halogens is 3. The summed E-state index contributed by atoms with van der Waals surface area (Å²) >= 11 is 0. The highest BCUT2D eigenvalue weighted by Gasteiger charge is 2.35. The number of fused-ring (bicyclic) bond motifs is 1. The number of pyridine rings is 1. The zero-order chi connectivity index (χ0) is 11.9. The lowest BCUT2D eigenvalue weighted by atomic mass is 10.3. The Morgan fingerprint density at radius 3 is 2.56 bits per heavy atom. The van der Waals surface area contributed by atoms with Crippen LogP contribution < -0.4 is 5.69 Å². The molecular weight excluding hydrogens is 223 g/mol. The molecule has 0 fully saturated rings. The van der Waals surface area contributed by atoms with Crippen LogP contribution in [-0.4, -0.2) is 14.4 Å². The van der Waals surface area contributed by atoms with Crippen molar-refractivity contribution < 1.29 is 13.2 Å². The first-order valence-electron chi connectivity index (χ1n) is 4.32. The van der Waals surface area contributed by atoms with Crippen LogP contribution in [0.2, 0.25) is 0 Å². The van der Waals surface area contributed by atoms with Crippen molar-refractivity contribution in [2.24, 2.45) is 0 Å². The van der Waals surface area contributed by atoms with Crippen molar-refractivity contribution in [1.29, 1.82) is 0 Å².